The molecule has 0 aromatic rings. The molecular formula is C9H17NO3. The van der Waals surface area contributed by atoms with Gasteiger partial charge in [-0.2, -0.15) is 0 Å². The van der Waals surface area contributed by atoms with E-state index in [0.717, 1.165) is 6.42 Å². The Bertz CT molecular complexity index is 173. The van der Waals surface area contributed by atoms with Crippen LogP contribution in [0.25, 0.3) is 0 Å². The summed E-state index contributed by atoms with van der Waals surface area (Å²) in [5.41, 5.74) is 0. The fraction of sp³-hybridized carbons (Fsp3) is 0.889. The van der Waals surface area contributed by atoms with Gasteiger partial charge in [0, 0.05) is 17.3 Å². The summed E-state index contributed by atoms with van der Waals surface area (Å²) in [5.74, 6) is 0.351. The topological polar surface area (TPSA) is 60.2 Å². The van der Waals surface area contributed by atoms with Crippen LogP contribution >= 0.6 is 0 Å². The first-order valence-corrected chi connectivity index (χ1v) is 4.53. The van der Waals surface area contributed by atoms with Crippen molar-refractivity contribution in [2.24, 2.45) is 11.8 Å². The first-order valence-electron chi connectivity index (χ1n) is 4.53. The van der Waals surface area contributed by atoms with E-state index in [2.05, 4.69) is 0 Å². The van der Waals surface area contributed by atoms with Crippen molar-refractivity contribution in [1.82, 2.24) is 0 Å². The molecule has 0 aromatic carbocycles. The first kappa shape index (κ1) is 12.1. The fourth-order valence-corrected chi connectivity index (χ4v) is 1.51. The molecule has 0 spiro atoms. The molecule has 0 fully saturated rings. The lowest BCUT2D eigenvalue weighted by molar-refractivity contribution is -0.488. The predicted octanol–water partition coefficient (Wildman–Crippen LogP) is 1.90. The van der Waals surface area contributed by atoms with Gasteiger partial charge < -0.3 is 4.79 Å². The highest BCUT2D eigenvalue weighted by atomic mass is 16.6. The van der Waals surface area contributed by atoms with Gasteiger partial charge in [0.05, 0.1) is 0 Å². The summed E-state index contributed by atoms with van der Waals surface area (Å²) in [4.78, 5) is 20.7. The average molecular weight is 187 g/mol. The summed E-state index contributed by atoms with van der Waals surface area (Å²) < 4.78 is 0. The average Bonchev–Trinajstić information content (AvgIpc) is 1.80. The molecule has 0 aliphatic carbocycles. The van der Waals surface area contributed by atoms with Crippen LogP contribution in [-0.2, 0) is 4.79 Å². The first-order chi connectivity index (χ1) is 5.91. The zero-order valence-corrected chi connectivity index (χ0v) is 8.45. The standard InChI is InChI=1S/C9H17NO3/c1-7(2)4-9(5-8(3)11)6-10(12)13/h7,9H,4-6H2,1-3H3/t9-/m0/s1. The number of nitro groups is 1. The Morgan fingerprint density at radius 3 is 2.31 bits per heavy atom. The largest absolute Gasteiger partial charge is 0.300 e. The van der Waals surface area contributed by atoms with Gasteiger partial charge in [-0.3, -0.25) is 10.1 Å². The van der Waals surface area contributed by atoms with Gasteiger partial charge in [0.25, 0.3) is 0 Å². The predicted molar refractivity (Wildman–Crippen MR) is 50.1 cm³/mol. The smallest absolute Gasteiger partial charge is 0.207 e. The summed E-state index contributed by atoms with van der Waals surface area (Å²) in [6.07, 6.45) is 1.08. The molecule has 0 rings (SSSR count). The van der Waals surface area contributed by atoms with Gasteiger partial charge in [-0.25, -0.2) is 0 Å². The highest BCUT2D eigenvalue weighted by Crippen LogP contribution is 2.15. The van der Waals surface area contributed by atoms with E-state index in [9.17, 15) is 14.9 Å². The molecular weight excluding hydrogens is 170 g/mol. The molecule has 0 N–H and O–H groups in total. The number of hydrogen-bond donors (Lipinski definition) is 0. The van der Waals surface area contributed by atoms with Gasteiger partial charge in [0.2, 0.25) is 6.54 Å². The Morgan fingerprint density at radius 1 is 1.46 bits per heavy atom. The van der Waals surface area contributed by atoms with Crippen LogP contribution in [0.1, 0.15) is 33.6 Å². The fourth-order valence-electron chi connectivity index (χ4n) is 1.51. The third-order valence-corrected chi connectivity index (χ3v) is 1.79. The Hall–Kier alpha value is -0.930. The molecule has 0 bridgehead atoms. The molecule has 0 saturated heterocycles. The van der Waals surface area contributed by atoms with Crippen LogP contribution < -0.4 is 0 Å². The summed E-state index contributed by atoms with van der Waals surface area (Å²) in [5, 5.41) is 10.3. The maximum absolute atomic E-state index is 10.8. The highest BCUT2D eigenvalue weighted by molar-refractivity contribution is 5.75. The number of carbonyl (C=O) groups is 1. The van der Waals surface area contributed by atoms with Gasteiger partial charge in [-0.15, -0.1) is 0 Å². The van der Waals surface area contributed by atoms with Crippen LogP contribution in [0.3, 0.4) is 0 Å². The van der Waals surface area contributed by atoms with Gasteiger partial charge in [0.15, 0.2) is 0 Å². The number of ketones is 1. The summed E-state index contributed by atoms with van der Waals surface area (Å²) in [6.45, 7) is 5.41. The second kappa shape index (κ2) is 5.67. The molecule has 0 unspecified atom stereocenters. The van der Waals surface area contributed by atoms with E-state index < -0.39 is 0 Å². The summed E-state index contributed by atoms with van der Waals surface area (Å²) >= 11 is 0. The maximum atomic E-state index is 10.8. The molecule has 0 saturated carbocycles. The third kappa shape index (κ3) is 7.43. The molecule has 0 aliphatic heterocycles. The molecule has 4 nitrogen and oxygen atoms in total. The minimum absolute atomic E-state index is 0.0347. The van der Waals surface area contributed by atoms with Crippen LogP contribution in [0, 0.1) is 22.0 Å². The summed E-state index contributed by atoms with van der Waals surface area (Å²) in [6, 6.07) is 0. The molecule has 1 atom stereocenters. The van der Waals surface area contributed by atoms with E-state index in [1.54, 1.807) is 0 Å². The second-order valence-corrected chi connectivity index (χ2v) is 3.92. The minimum Gasteiger partial charge on any atom is -0.300 e. The van der Waals surface area contributed by atoms with Crippen LogP contribution in [-0.4, -0.2) is 17.3 Å². The van der Waals surface area contributed by atoms with Crippen molar-refractivity contribution in [2.45, 2.75) is 33.6 Å². The van der Waals surface area contributed by atoms with Crippen molar-refractivity contribution in [1.29, 1.82) is 0 Å². The van der Waals surface area contributed by atoms with Gasteiger partial charge in [-0.05, 0) is 19.3 Å². The van der Waals surface area contributed by atoms with Crippen molar-refractivity contribution >= 4 is 5.78 Å². The van der Waals surface area contributed by atoms with Crippen molar-refractivity contribution in [3.63, 3.8) is 0 Å². The van der Waals surface area contributed by atoms with Crippen molar-refractivity contribution < 1.29 is 9.72 Å². The number of rotatable bonds is 6. The number of hydrogen-bond acceptors (Lipinski definition) is 3. The molecule has 0 aromatic heterocycles. The van der Waals surface area contributed by atoms with E-state index >= 15 is 0 Å². The van der Waals surface area contributed by atoms with Crippen molar-refractivity contribution in [2.75, 3.05) is 6.54 Å². The summed E-state index contributed by atoms with van der Waals surface area (Å²) in [7, 11) is 0. The molecule has 0 amide bonds. The molecule has 0 heterocycles. The van der Waals surface area contributed by atoms with Crippen molar-refractivity contribution in [3.8, 4) is 0 Å². The molecule has 0 radical (unpaired) electrons. The van der Waals surface area contributed by atoms with Gasteiger partial charge in [0.1, 0.15) is 5.78 Å². The van der Waals surface area contributed by atoms with E-state index in [1.807, 2.05) is 13.8 Å². The maximum Gasteiger partial charge on any atom is 0.207 e. The van der Waals surface area contributed by atoms with Gasteiger partial charge in [-0.1, -0.05) is 13.8 Å². The van der Waals surface area contributed by atoms with Crippen LogP contribution in [0.5, 0.6) is 0 Å². The Balaban J connectivity index is 4.02. The minimum atomic E-state index is -0.337. The molecule has 4 heteroatoms. The number of carbonyl (C=O) groups excluding carboxylic acids is 1. The van der Waals surface area contributed by atoms with E-state index in [0.29, 0.717) is 12.3 Å². The van der Waals surface area contributed by atoms with Crippen LogP contribution in [0.15, 0.2) is 0 Å². The molecule has 76 valence electrons. The molecule has 13 heavy (non-hydrogen) atoms. The van der Waals surface area contributed by atoms with E-state index in [4.69, 9.17) is 0 Å². The molecule has 0 aliphatic rings. The number of Topliss-reactive ketones (excluding diaryl/α,β-unsaturated/α-hetero) is 1. The van der Waals surface area contributed by atoms with Crippen molar-refractivity contribution in [3.05, 3.63) is 10.1 Å². The number of nitrogens with zero attached hydrogens (tertiary/aromatic N) is 1. The van der Waals surface area contributed by atoms with E-state index in [1.165, 1.54) is 6.92 Å². The second-order valence-electron chi connectivity index (χ2n) is 3.92. The Labute approximate surface area is 78.5 Å². The zero-order chi connectivity index (χ0) is 10.4. The highest BCUT2D eigenvalue weighted by Gasteiger charge is 2.18. The lowest BCUT2D eigenvalue weighted by Crippen LogP contribution is -2.18. The third-order valence-electron chi connectivity index (χ3n) is 1.79. The van der Waals surface area contributed by atoms with Crippen LogP contribution in [0.4, 0.5) is 0 Å². The Morgan fingerprint density at radius 2 is 2.00 bits per heavy atom. The SMILES string of the molecule is CC(=O)C[C@H](CC(C)C)C[N+](=O)[O-]. The van der Waals surface area contributed by atoms with E-state index in [-0.39, 0.29) is 23.2 Å². The Kier molecular flexibility index (Phi) is 5.26. The van der Waals surface area contributed by atoms with Crippen LogP contribution in [0.2, 0.25) is 0 Å². The van der Waals surface area contributed by atoms with Gasteiger partial charge >= 0.3 is 0 Å². The quantitative estimate of drug-likeness (QED) is 0.471. The lowest BCUT2D eigenvalue weighted by Gasteiger charge is -2.12. The zero-order valence-electron chi connectivity index (χ0n) is 8.45. The normalized spacial score (nSPS) is 12.9. The lowest BCUT2D eigenvalue weighted by atomic mass is 9.93. The monoisotopic (exact) mass is 187 g/mol.